The van der Waals surface area contributed by atoms with Crippen LogP contribution in [0.3, 0.4) is 0 Å². The molecule has 0 saturated carbocycles. The highest BCUT2D eigenvalue weighted by Gasteiger charge is 2.63. The van der Waals surface area contributed by atoms with Gasteiger partial charge in [-0.2, -0.15) is 0 Å². The molecule has 0 bridgehead atoms. The number of rotatable bonds is 3. The van der Waals surface area contributed by atoms with Crippen LogP contribution in [0.5, 0.6) is 17.2 Å². The largest absolute Gasteiger partial charge is 0.496 e. The highest BCUT2D eigenvalue weighted by atomic mass is 35.5. The molecule has 0 unspecified atom stereocenters. The Morgan fingerprint density at radius 2 is 1.77 bits per heavy atom. The van der Waals surface area contributed by atoms with E-state index in [0.29, 0.717) is 17.1 Å². The highest BCUT2D eigenvalue weighted by Crippen LogP contribution is 2.56. The molecular weight excluding hydrogens is 588 g/mol. The van der Waals surface area contributed by atoms with Crippen molar-refractivity contribution in [2.45, 2.75) is 24.9 Å². The number of pyridine rings is 1. The molecule has 2 aliphatic heterocycles. The number of benzene rings is 2. The van der Waals surface area contributed by atoms with E-state index in [9.17, 15) is 19.2 Å². The molecule has 2 aromatic heterocycles. The molecule has 0 radical (unpaired) electrons. The average molecular weight is 615 g/mol. The van der Waals surface area contributed by atoms with Crippen molar-refractivity contribution in [1.82, 2.24) is 14.1 Å². The van der Waals surface area contributed by atoms with Gasteiger partial charge in [-0.1, -0.05) is 30.7 Å². The number of ketones is 2. The number of anilines is 1. The molecule has 1 N–H and O–H groups in total. The topological polar surface area (TPSA) is 131 Å². The van der Waals surface area contributed by atoms with Crippen molar-refractivity contribution < 1.29 is 23.8 Å². The van der Waals surface area contributed by atoms with E-state index >= 15 is 0 Å². The van der Waals surface area contributed by atoms with Crippen molar-refractivity contribution in [2.75, 3.05) is 19.5 Å². The summed E-state index contributed by atoms with van der Waals surface area (Å²) < 4.78 is 19.6. The lowest BCUT2D eigenvalue weighted by molar-refractivity contribution is -0.130. The van der Waals surface area contributed by atoms with Gasteiger partial charge < -0.3 is 19.5 Å². The van der Waals surface area contributed by atoms with Gasteiger partial charge in [-0.05, 0) is 30.2 Å². The van der Waals surface area contributed by atoms with E-state index in [1.54, 1.807) is 32.3 Å². The molecule has 2 aromatic carbocycles. The lowest BCUT2D eigenvalue weighted by Gasteiger charge is -2.42. The Balaban J connectivity index is 1.49. The Hall–Kier alpha value is -4.90. The minimum Gasteiger partial charge on any atom is -0.496 e. The molecule has 44 heavy (non-hydrogen) atoms. The first kappa shape index (κ1) is 27.9. The van der Waals surface area contributed by atoms with Crippen LogP contribution in [0.2, 0.25) is 5.02 Å². The van der Waals surface area contributed by atoms with Crippen molar-refractivity contribution in [3.8, 4) is 17.2 Å². The molecule has 11 nitrogen and oxygen atoms in total. The molecule has 1 aliphatic carbocycles. The number of halogens is 1. The van der Waals surface area contributed by atoms with Crippen molar-refractivity contribution in [1.29, 1.82) is 0 Å². The third kappa shape index (κ3) is 3.47. The summed E-state index contributed by atoms with van der Waals surface area (Å²) in [5.41, 5.74) is -0.738. The zero-order chi connectivity index (χ0) is 31.2. The molecule has 3 atom stereocenters. The van der Waals surface area contributed by atoms with Crippen LogP contribution in [0.25, 0.3) is 10.9 Å². The third-order valence-electron chi connectivity index (χ3n) is 9.04. The number of hydrogen-bond acceptors (Lipinski definition) is 9. The number of methoxy groups -OCH3 is 2. The fraction of sp³-hybridized carbons (Fsp3) is 0.281. The Labute approximate surface area is 255 Å². The van der Waals surface area contributed by atoms with Gasteiger partial charge in [0.1, 0.15) is 27.9 Å². The van der Waals surface area contributed by atoms with Crippen molar-refractivity contribution >= 4 is 39.9 Å². The van der Waals surface area contributed by atoms with E-state index in [-0.39, 0.29) is 45.4 Å². The van der Waals surface area contributed by atoms with E-state index < -0.39 is 40.3 Å². The van der Waals surface area contributed by atoms with Crippen LogP contribution in [0.1, 0.15) is 40.7 Å². The predicted octanol–water partition coefficient (Wildman–Crippen LogP) is 3.74. The smallest absolute Gasteiger partial charge is 0.332 e. The zero-order valence-electron chi connectivity index (χ0n) is 24.5. The normalized spacial score (nSPS) is 22.0. The minimum absolute atomic E-state index is 0.00734. The number of carbonyl (C=O) groups excluding carboxylic acids is 2. The first-order valence-electron chi connectivity index (χ1n) is 13.9. The maximum absolute atomic E-state index is 15.0. The van der Waals surface area contributed by atoms with Crippen LogP contribution in [0, 0.1) is 5.92 Å². The van der Waals surface area contributed by atoms with E-state index in [0.717, 1.165) is 15.5 Å². The predicted molar refractivity (Wildman–Crippen MR) is 162 cm³/mol. The number of nitrogens with zero attached hydrogens (tertiary/aromatic N) is 3. The molecule has 0 saturated heterocycles. The van der Waals surface area contributed by atoms with Gasteiger partial charge in [0.2, 0.25) is 17.2 Å². The minimum atomic E-state index is -1.98. The van der Waals surface area contributed by atoms with Crippen LogP contribution in [0.15, 0.2) is 63.5 Å². The maximum atomic E-state index is 15.0. The first-order valence-corrected chi connectivity index (χ1v) is 14.3. The lowest BCUT2D eigenvalue weighted by Crippen LogP contribution is -2.58. The molecule has 4 heterocycles. The SMILES string of the molecule is COc1cc(OC)c2c(c1Cl)O[C@@]1(C(=O)C3=C(C[C@H]1C)Nc1c(c(=O)n(C)c(=O)n1C)[C@@H]3c1ccc3ncccc3c1)C2=O. The Morgan fingerprint density at radius 1 is 1.02 bits per heavy atom. The number of Topliss-reactive ketones (excluding diaryl/α,β-unsaturated/α-hetero) is 2. The molecule has 3 aliphatic rings. The Bertz CT molecular complexity index is 2130. The quantitative estimate of drug-likeness (QED) is 0.343. The van der Waals surface area contributed by atoms with Gasteiger partial charge >= 0.3 is 5.69 Å². The fourth-order valence-electron chi connectivity index (χ4n) is 6.80. The van der Waals surface area contributed by atoms with Gasteiger partial charge in [-0.15, -0.1) is 0 Å². The third-order valence-corrected chi connectivity index (χ3v) is 9.39. The number of fused-ring (bicyclic) bond motifs is 3. The second kappa shape index (κ2) is 9.55. The van der Waals surface area contributed by atoms with Crippen LogP contribution < -0.4 is 30.8 Å². The van der Waals surface area contributed by atoms with E-state index in [1.807, 2.05) is 18.2 Å². The summed E-state index contributed by atoms with van der Waals surface area (Å²) in [6.45, 7) is 1.75. The molecule has 1 spiro atoms. The van der Waals surface area contributed by atoms with Gasteiger partial charge in [0.25, 0.3) is 5.56 Å². The number of aromatic nitrogens is 3. The number of ether oxygens (including phenoxy) is 3. The Morgan fingerprint density at radius 3 is 2.50 bits per heavy atom. The van der Waals surface area contributed by atoms with E-state index in [4.69, 9.17) is 25.8 Å². The van der Waals surface area contributed by atoms with Gasteiger partial charge in [-0.25, -0.2) is 4.79 Å². The van der Waals surface area contributed by atoms with Gasteiger partial charge in [-0.3, -0.25) is 28.5 Å². The monoisotopic (exact) mass is 614 g/mol. The lowest BCUT2D eigenvalue weighted by atomic mass is 9.66. The second-order valence-electron chi connectivity index (χ2n) is 11.3. The maximum Gasteiger partial charge on any atom is 0.332 e. The summed E-state index contributed by atoms with van der Waals surface area (Å²) in [6, 6.07) is 10.7. The van der Waals surface area contributed by atoms with Crippen molar-refractivity contribution in [3.05, 3.63) is 96.4 Å². The Kier molecular flexibility index (Phi) is 6.06. The van der Waals surface area contributed by atoms with Crippen LogP contribution >= 0.6 is 11.6 Å². The standard InChI is InChI=1S/C32H27ClN4O7/c1-14-11-18-22(27(38)32(14)28(39)23-19(42-4)13-20(43-5)25(33)26(23)44-32)21(16-8-9-17-15(12-16)7-6-10-34-17)24-29(35-18)36(2)31(41)37(3)30(24)40/h6-10,12-14,21,35H,11H2,1-5H3/t14-,21-,32+/m1/s1. The van der Waals surface area contributed by atoms with Crippen molar-refractivity contribution in [2.24, 2.45) is 20.0 Å². The molecule has 12 heteroatoms. The second-order valence-corrected chi connectivity index (χ2v) is 11.7. The number of carbonyl (C=O) groups is 2. The first-order chi connectivity index (χ1) is 21.0. The van der Waals surface area contributed by atoms with Gasteiger partial charge in [0, 0.05) is 54.9 Å². The summed E-state index contributed by atoms with van der Waals surface area (Å²) in [6.07, 6.45) is 1.88. The van der Waals surface area contributed by atoms with Gasteiger partial charge in [0.05, 0.1) is 25.3 Å². The van der Waals surface area contributed by atoms with Crippen LogP contribution in [0.4, 0.5) is 5.82 Å². The highest BCUT2D eigenvalue weighted by molar-refractivity contribution is 6.36. The molecule has 0 amide bonds. The molecular formula is C32H27ClN4O7. The van der Waals surface area contributed by atoms with Gasteiger partial charge in [0.15, 0.2) is 5.75 Å². The number of hydrogen-bond donors (Lipinski definition) is 1. The fourth-order valence-corrected chi connectivity index (χ4v) is 7.06. The molecule has 224 valence electrons. The summed E-state index contributed by atoms with van der Waals surface area (Å²) in [5.74, 6) is -2.10. The molecule has 4 aromatic rings. The molecule has 7 rings (SSSR count). The zero-order valence-corrected chi connectivity index (χ0v) is 25.2. The van der Waals surface area contributed by atoms with E-state index in [1.165, 1.54) is 31.9 Å². The average Bonchev–Trinajstić information content (AvgIpc) is 3.35. The van der Waals surface area contributed by atoms with Crippen LogP contribution in [-0.2, 0) is 18.9 Å². The molecule has 0 fully saturated rings. The van der Waals surface area contributed by atoms with Crippen LogP contribution in [-0.4, -0.2) is 45.5 Å². The van der Waals surface area contributed by atoms with E-state index in [2.05, 4.69) is 10.3 Å². The summed E-state index contributed by atoms with van der Waals surface area (Å²) >= 11 is 6.63. The summed E-state index contributed by atoms with van der Waals surface area (Å²) in [4.78, 5) is 60.6. The van der Waals surface area contributed by atoms with Crippen molar-refractivity contribution in [3.63, 3.8) is 0 Å². The number of nitrogens with one attached hydrogen (secondary N) is 1. The summed E-state index contributed by atoms with van der Waals surface area (Å²) in [7, 11) is 5.79. The summed E-state index contributed by atoms with van der Waals surface area (Å²) in [5, 5.41) is 4.07. The number of allylic oxidation sites excluding steroid dienone is 1.